The molecule has 0 radical (unpaired) electrons. The molecule has 1 aromatic carbocycles. The lowest BCUT2D eigenvalue weighted by Gasteiger charge is -2.17. The van der Waals surface area contributed by atoms with Crippen molar-refractivity contribution < 1.29 is 8.81 Å². The Bertz CT molecular complexity index is 482. The van der Waals surface area contributed by atoms with E-state index in [9.17, 15) is 4.39 Å². The van der Waals surface area contributed by atoms with Gasteiger partial charge in [0.25, 0.3) is 0 Å². The number of rotatable bonds is 4. The summed E-state index contributed by atoms with van der Waals surface area (Å²) in [5.74, 6) is 5.29. The van der Waals surface area contributed by atoms with Crippen molar-refractivity contribution in [2.24, 2.45) is 5.84 Å². The molecule has 0 saturated carbocycles. The average molecular weight is 234 g/mol. The Morgan fingerprint density at radius 2 is 2.24 bits per heavy atom. The summed E-state index contributed by atoms with van der Waals surface area (Å²) in [7, 11) is 0. The highest BCUT2D eigenvalue weighted by atomic mass is 19.1. The summed E-state index contributed by atoms with van der Waals surface area (Å²) in [4.78, 5) is 0. The second kappa shape index (κ2) is 5.12. The van der Waals surface area contributed by atoms with Crippen LogP contribution in [0.3, 0.4) is 0 Å². The third-order valence-electron chi connectivity index (χ3n) is 2.84. The molecule has 1 heterocycles. The second-order valence-electron chi connectivity index (χ2n) is 4.06. The Morgan fingerprint density at radius 3 is 2.88 bits per heavy atom. The smallest absolute Gasteiger partial charge is 0.123 e. The van der Waals surface area contributed by atoms with E-state index in [0.717, 1.165) is 16.7 Å². The van der Waals surface area contributed by atoms with Gasteiger partial charge in [0.1, 0.15) is 5.82 Å². The number of aryl methyl sites for hydroxylation is 1. The molecule has 0 bridgehead atoms. The number of nitrogens with one attached hydrogen (secondary N) is 1. The molecular weight excluding hydrogens is 219 g/mol. The van der Waals surface area contributed by atoms with Gasteiger partial charge in [0.2, 0.25) is 0 Å². The summed E-state index contributed by atoms with van der Waals surface area (Å²) in [5.41, 5.74) is 5.62. The van der Waals surface area contributed by atoms with Crippen molar-refractivity contribution in [2.75, 3.05) is 0 Å². The molecule has 0 aliphatic heterocycles. The van der Waals surface area contributed by atoms with Gasteiger partial charge in [-0.2, -0.15) is 0 Å². The zero-order valence-electron chi connectivity index (χ0n) is 9.61. The molecular formula is C13H15FN2O. The van der Waals surface area contributed by atoms with Gasteiger partial charge in [-0.15, -0.1) is 0 Å². The predicted octanol–water partition coefficient (Wildman–Crippen LogP) is 2.47. The van der Waals surface area contributed by atoms with Gasteiger partial charge in [-0.1, -0.05) is 6.07 Å². The summed E-state index contributed by atoms with van der Waals surface area (Å²) < 4.78 is 18.2. The van der Waals surface area contributed by atoms with Gasteiger partial charge in [0, 0.05) is 0 Å². The molecule has 0 amide bonds. The number of benzene rings is 1. The molecule has 3 nitrogen and oxygen atoms in total. The Hall–Kier alpha value is -1.65. The van der Waals surface area contributed by atoms with Crippen LogP contribution in [0.4, 0.5) is 4.39 Å². The standard InChI is InChI=1S/C13H15FN2O/c1-9-2-3-11(14)7-12(9)13(16-15)6-10-4-5-17-8-10/h2-5,7-8,13,16H,6,15H2,1H3. The van der Waals surface area contributed by atoms with Crippen LogP contribution < -0.4 is 11.3 Å². The average Bonchev–Trinajstić information content (AvgIpc) is 2.82. The lowest BCUT2D eigenvalue weighted by molar-refractivity contribution is 0.530. The van der Waals surface area contributed by atoms with Gasteiger partial charge in [-0.3, -0.25) is 11.3 Å². The molecule has 0 fully saturated rings. The van der Waals surface area contributed by atoms with E-state index in [1.807, 2.05) is 13.0 Å². The van der Waals surface area contributed by atoms with Crippen LogP contribution in [0.1, 0.15) is 22.7 Å². The van der Waals surface area contributed by atoms with E-state index in [2.05, 4.69) is 5.43 Å². The quantitative estimate of drug-likeness (QED) is 0.631. The van der Waals surface area contributed by atoms with Crippen molar-refractivity contribution in [3.8, 4) is 0 Å². The third kappa shape index (κ3) is 2.72. The maximum atomic E-state index is 13.2. The van der Waals surface area contributed by atoms with E-state index in [0.29, 0.717) is 6.42 Å². The molecule has 3 N–H and O–H groups in total. The highest BCUT2D eigenvalue weighted by Crippen LogP contribution is 2.22. The lowest BCUT2D eigenvalue weighted by Crippen LogP contribution is -2.30. The summed E-state index contributed by atoms with van der Waals surface area (Å²) in [6.07, 6.45) is 3.94. The van der Waals surface area contributed by atoms with Crippen LogP contribution in [0, 0.1) is 12.7 Å². The first-order valence-corrected chi connectivity index (χ1v) is 5.44. The van der Waals surface area contributed by atoms with Gasteiger partial charge < -0.3 is 4.42 Å². The summed E-state index contributed by atoms with van der Waals surface area (Å²) in [5, 5.41) is 0. The minimum Gasteiger partial charge on any atom is -0.472 e. The van der Waals surface area contributed by atoms with Crippen LogP contribution in [0.25, 0.3) is 0 Å². The zero-order chi connectivity index (χ0) is 12.3. The van der Waals surface area contributed by atoms with Crippen molar-refractivity contribution in [3.05, 3.63) is 59.3 Å². The molecule has 2 aromatic rings. The van der Waals surface area contributed by atoms with Crippen LogP contribution in [-0.2, 0) is 6.42 Å². The summed E-state index contributed by atoms with van der Waals surface area (Å²) >= 11 is 0. The van der Waals surface area contributed by atoms with Crippen molar-refractivity contribution in [1.82, 2.24) is 5.43 Å². The Kier molecular flexibility index (Phi) is 3.56. The van der Waals surface area contributed by atoms with Crippen LogP contribution in [-0.4, -0.2) is 0 Å². The molecule has 4 heteroatoms. The first kappa shape index (κ1) is 11.8. The van der Waals surface area contributed by atoms with Crippen molar-refractivity contribution in [3.63, 3.8) is 0 Å². The molecule has 0 aliphatic rings. The van der Waals surface area contributed by atoms with E-state index in [1.54, 1.807) is 18.6 Å². The number of nitrogens with two attached hydrogens (primary N) is 1. The minimum atomic E-state index is -0.252. The van der Waals surface area contributed by atoms with Gasteiger partial charge >= 0.3 is 0 Å². The van der Waals surface area contributed by atoms with Crippen LogP contribution in [0.2, 0.25) is 0 Å². The minimum absolute atomic E-state index is 0.122. The molecule has 17 heavy (non-hydrogen) atoms. The topological polar surface area (TPSA) is 51.2 Å². The largest absolute Gasteiger partial charge is 0.472 e. The number of furan rings is 1. The lowest BCUT2D eigenvalue weighted by atomic mass is 9.97. The maximum absolute atomic E-state index is 13.2. The molecule has 2 rings (SSSR count). The second-order valence-corrected chi connectivity index (χ2v) is 4.06. The van der Waals surface area contributed by atoms with Gasteiger partial charge in [-0.25, -0.2) is 4.39 Å². The highest BCUT2D eigenvalue weighted by molar-refractivity contribution is 5.30. The van der Waals surface area contributed by atoms with Crippen LogP contribution in [0.15, 0.2) is 41.2 Å². The van der Waals surface area contributed by atoms with E-state index in [1.165, 1.54) is 12.1 Å². The fourth-order valence-corrected chi connectivity index (χ4v) is 1.89. The Labute approximate surface area is 99.4 Å². The van der Waals surface area contributed by atoms with Gasteiger partial charge in [-0.05, 0) is 48.2 Å². The Morgan fingerprint density at radius 1 is 1.41 bits per heavy atom. The van der Waals surface area contributed by atoms with E-state index < -0.39 is 0 Å². The third-order valence-corrected chi connectivity index (χ3v) is 2.84. The van der Waals surface area contributed by atoms with Crippen molar-refractivity contribution in [1.29, 1.82) is 0 Å². The number of hydrogen-bond donors (Lipinski definition) is 2. The van der Waals surface area contributed by atoms with E-state index in [-0.39, 0.29) is 11.9 Å². The normalized spacial score (nSPS) is 12.6. The first-order chi connectivity index (χ1) is 8.20. The molecule has 90 valence electrons. The fourth-order valence-electron chi connectivity index (χ4n) is 1.89. The molecule has 1 aromatic heterocycles. The fraction of sp³-hybridized carbons (Fsp3) is 0.231. The van der Waals surface area contributed by atoms with E-state index in [4.69, 9.17) is 10.3 Å². The number of halogens is 1. The SMILES string of the molecule is Cc1ccc(F)cc1C(Cc1ccoc1)NN. The van der Waals surface area contributed by atoms with Crippen LogP contribution in [0.5, 0.6) is 0 Å². The van der Waals surface area contributed by atoms with Crippen molar-refractivity contribution in [2.45, 2.75) is 19.4 Å². The van der Waals surface area contributed by atoms with Crippen LogP contribution >= 0.6 is 0 Å². The van der Waals surface area contributed by atoms with E-state index >= 15 is 0 Å². The summed E-state index contributed by atoms with van der Waals surface area (Å²) in [6, 6.07) is 6.47. The molecule has 0 aliphatic carbocycles. The molecule has 1 atom stereocenters. The summed E-state index contributed by atoms with van der Waals surface area (Å²) in [6.45, 7) is 1.94. The predicted molar refractivity (Wildman–Crippen MR) is 63.6 cm³/mol. The Balaban J connectivity index is 2.25. The van der Waals surface area contributed by atoms with Gasteiger partial charge in [0.05, 0.1) is 18.6 Å². The van der Waals surface area contributed by atoms with Gasteiger partial charge in [0.15, 0.2) is 0 Å². The first-order valence-electron chi connectivity index (χ1n) is 5.44. The highest BCUT2D eigenvalue weighted by Gasteiger charge is 2.14. The molecule has 0 saturated heterocycles. The number of hydrazine groups is 1. The molecule has 0 spiro atoms. The molecule has 1 unspecified atom stereocenters. The van der Waals surface area contributed by atoms with Crippen molar-refractivity contribution >= 4 is 0 Å². The maximum Gasteiger partial charge on any atom is 0.123 e. The monoisotopic (exact) mass is 234 g/mol. The number of hydrogen-bond acceptors (Lipinski definition) is 3. The zero-order valence-corrected chi connectivity index (χ0v) is 9.61.